The maximum atomic E-state index is 13.1. The molecule has 2 rings (SSSR count). The highest BCUT2D eigenvalue weighted by Gasteiger charge is 2.31. The molecule has 0 aromatic heterocycles. The Labute approximate surface area is 183 Å². The fourth-order valence-electron chi connectivity index (χ4n) is 4.34. The first-order chi connectivity index (χ1) is 14.0. The molecule has 5 nitrogen and oxygen atoms in total. The van der Waals surface area contributed by atoms with E-state index in [1.54, 1.807) is 0 Å². The van der Waals surface area contributed by atoms with E-state index in [1.165, 1.54) is 5.56 Å². The van der Waals surface area contributed by atoms with Crippen LogP contribution in [0.2, 0.25) is 0 Å². The summed E-state index contributed by atoms with van der Waals surface area (Å²) in [5.41, 5.74) is 1.50. The first-order valence-corrected chi connectivity index (χ1v) is 11.4. The second-order valence-corrected chi connectivity index (χ2v) is 10.5. The molecule has 1 heterocycles. The van der Waals surface area contributed by atoms with Crippen molar-refractivity contribution in [2.24, 2.45) is 17.3 Å². The van der Waals surface area contributed by atoms with E-state index in [0.717, 1.165) is 26.1 Å². The molecular formula is C25H41N3O2. The highest BCUT2D eigenvalue weighted by atomic mass is 16.2. The Kier molecular flexibility index (Phi) is 8.90. The van der Waals surface area contributed by atoms with E-state index >= 15 is 0 Å². The van der Waals surface area contributed by atoms with Crippen LogP contribution in [0.5, 0.6) is 0 Å². The van der Waals surface area contributed by atoms with Crippen LogP contribution in [0.25, 0.3) is 0 Å². The first kappa shape index (κ1) is 24.4. The van der Waals surface area contributed by atoms with Gasteiger partial charge in [-0.3, -0.25) is 14.5 Å². The summed E-state index contributed by atoms with van der Waals surface area (Å²) in [6.45, 7) is 16.8. The largest absolute Gasteiger partial charge is 0.344 e. The number of nitrogens with one attached hydrogen (secondary N) is 1. The van der Waals surface area contributed by atoms with Crippen molar-refractivity contribution in [1.29, 1.82) is 0 Å². The Hall–Kier alpha value is -1.88. The lowest BCUT2D eigenvalue weighted by atomic mass is 9.84. The van der Waals surface area contributed by atoms with Gasteiger partial charge in [0.15, 0.2) is 0 Å². The van der Waals surface area contributed by atoms with Gasteiger partial charge < -0.3 is 10.2 Å². The molecule has 1 aromatic rings. The zero-order valence-electron chi connectivity index (χ0n) is 19.8. The summed E-state index contributed by atoms with van der Waals surface area (Å²) in [6, 6.07) is 10.00. The van der Waals surface area contributed by atoms with Gasteiger partial charge in [-0.2, -0.15) is 0 Å². The lowest BCUT2D eigenvalue weighted by Crippen LogP contribution is -2.56. The number of carbonyl (C=O) groups is 2. The molecule has 30 heavy (non-hydrogen) atoms. The van der Waals surface area contributed by atoms with Crippen LogP contribution in [0.1, 0.15) is 59.9 Å². The highest BCUT2D eigenvalue weighted by Crippen LogP contribution is 2.26. The molecule has 0 aliphatic carbocycles. The van der Waals surface area contributed by atoms with Gasteiger partial charge in [0.25, 0.3) is 0 Å². The molecule has 0 saturated carbocycles. The molecule has 2 unspecified atom stereocenters. The molecule has 168 valence electrons. The number of amides is 2. The van der Waals surface area contributed by atoms with Crippen LogP contribution in [0.15, 0.2) is 30.3 Å². The molecule has 1 aromatic carbocycles. The van der Waals surface area contributed by atoms with Crippen molar-refractivity contribution >= 4 is 11.8 Å². The van der Waals surface area contributed by atoms with E-state index in [2.05, 4.69) is 62.2 Å². The van der Waals surface area contributed by atoms with Gasteiger partial charge in [0.1, 0.15) is 6.04 Å². The summed E-state index contributed by atoms with van der Waals surface area (Å²) in [6.07, 6.45) is 1.46. The minimum Gasteiger partial charge on any atom is -0.344 e. The van der Waals surface area contributed by atoms with E-state index in [1.807, 2.05) is 24.8 Å². The third kappa shape index (κ3) is 8.10. The summed E-state index contributed by atoms with van der Waals surface area (Å²) in [5.74, 6) is 0.416. The Morgan fingerprint density at radius 3 is 2.13 bits per heavy atom. The third-order valence-corrected chi connectivity index (χ3v) is 5.68. The van der Waals surface area contributed by atoms with Crippen LogP contribution >= 0.6 is 0 Å². The zero-order valence-corrected chi connectivity index (χ0v) is 19.8. The molecule has 0 radical (unpaired) electrons. The maximum absolute atomic E-state index is 13.1. The fraction of sp³-hybridized carbons (Fsp3) is 0.680. The number of nitrogens with zero attached hydrogens (tertiary/aromatic N) is 2. The molecule has 2 amide bonds. The molecule has 0 bridgehead atoms. The van der Waals surface area contributed by atoms with Gasteiger partial charge in [-0.25, -0.2) is 0 Å². The van der Waals surface area contributed by atoms with E-state index in [9.17, 15) is 9.59 Å². The van der Waals surface area contributed by atoms with Crippen LogP contribution in [-0.4, -0.2) is 53.8 Å². The van der Waals surface area contributed by atoms with Crippen molar-refractivity contribution in [2.45, 2.75) is 67.0 Å². The van der Waals surface area contributed by atoms with Gasteiger partial charge in [0, 0.05) is 39.1 Å². The number of hydrogen-bond donors (Lipinski definition) is 1. The van der Waals surface area contributed by atoms with Crippen molar-refractivity contribution in [3.63, 3.8) is 0 Å². The number of rotatable bonds is 8. The van der Waals surface area contributed by atoms with Crippen molar-refractivity contribution in [3.8, 4) is 0 Å². The van der Waals surface area contributed by atoms with E-state index < -0.39 is 6.04 Å². The monoisotopic (exact) mass is 415 g/mol. The van der Waals surface area contributed by atoms with Crippen molar-refractivity contribution in [1.82, 2.24) is 15.1 Å². The van der Waals surface area contributed by atoms with Crippen molar-refractivity contribution in [2.75, 3.05) is 26.2 Å². The van der Waals surface area contributed by atoms with Crippen molar-refractivity contribution < 1.29 is 9.59 Å². The maximum Gasteiger partial charge on any atom is 0.245 e. The van der Waals surface area contributed by atoms with Crippen LogP contribution in [0.3, 0.4) is 0 Å². The molecule has 1 saturated heterocycles. The minimum atomic E-state index is -0.444. The van der Waals surface area contributed by atoms with Crippen LogP contribution < -0.4 is 5.32 Å². The van der Waals surface area contributed by atoms with Gasteiger partial charge in [-0.15, -0.1) is 0 Å². The number of benzene rings is 1. The number of carbonyl (C=O) groups excluding carboxylic acids is 2. The second-order valence-electron chi connectivity index (χ2n) is 10.5. The van der Waals surface area contributed by atoms with Gasteiger partial charge in [-0.05, 0) is 29.2 Å². The Bertz CT molecular complexity index is 673. The van der Waals surface area contributed by atoms with Gasteiger partial charge in [0.2, 0.25) is 11.8 Å². The molecule has 1 N–H and O–H groups in total. The Morgan fingerprint density at radius 1 is 1.00 bits per heavy atom. The molecule has 2 atom stereocenters. The average Bonchev–Trinajstić information content (AvgIpc) is 2.65. The summed E-state index contributed by atoms with van der Waals surface area (Å²) >= 11 is 0. The predicted molar refractivity (Wildman–Crippen MR) is 123 cm³/mol. The molecule has 1 fully saturated rings. The molecule has 1 aliphatic heterocycles. The van der Waals surface area contributed by atoms with Crippen LogP contribution in [-0.2, 0) is 16.1 Å². The lowest BCUT2D eigenvalue weighted by Gasteiger charge is -2.37. The molecule has 5 heteroatoms. The van der Waals surface area contributed by atoms with E-state index in [4.69, 9.17) is 0 Å². The second kappa shape index (κ2) is 10.9. The average molecular weight is 416 g/mol. The fourth-order valence-corrected chi connectivity index (χ4v) is 4.34. The van der Waals surface area contributed by atoms with Gasteiger partial charge in [-0.1, -0.05) is 71.9 Å². The smallest absolute Gasteiger partial charge is 0.245 e. The quantitative estimate of drug-likeness (QED) is 0.700. The van der Waals surface area contributed by atoms with E-state index in [0.29, 0.717) is 25.4 Å². The van der Waals surface area contributed by atoms with Crippen LogP contribution in [0.4, 0.5) is 0 Å². The SMILES string of the molecule is CC(CC(=O)NC(C(=O)N1CCN(Cc2ccccc2)CC1)C(C)C)CC(C)(C)C. The number of hydrogen-bond acceptors (Lipinski definition) is 3. The van der Waals surface area contributed by atoms with Crippen LogP contribution in [0, 0.1) is 17.3 Å². The summed E-state index contributed by atoms with van der Waals surface area (Å²) in [7, 11) is 0. The summed E-state index contributed by atoms with van der Waals surface area (Å²) in [5, 5.41) is 3.04. The third-order valence-electron chi connectivity index (χ3n) is 5.68. The predicted octanol–water partition coefficient (Wildman–Crippen LogP) is 3.93. The normalized spacial score (nSPS) is 17.6. The van der Waals surface area contributed by atoms with Gasteiger partial charge in [0.05, 0.1) is 0 Å². The lowest BCUT2D eigenvalue weighted by molar-refractivity contribution is -0.139. The summed E-state index contributed by atoms with van der Waals surface area (Å²) in [4.78, 5) is 30.1. The zero-order chi connectivity index (χ0) is 22.3. The molecule has 1 aliphatic rings. The van der Waals surface area contributed by atoms with Crippen molar-refractivity contribution in [3.05, 3.63) is 35.9 Å². The minimum absolute atomic E-state index is 0.0125. The van der Waals surface area contributed by atoms with E-state index in [-0.39, 0.29) is 23.1 Å². The first-order valence-electron chi connectivity index (χ1n) is 11.4. The highest BCUT2D eigenvalue weighted by molar-refractivity contribution is 5.88. The molecular weight excluding hydrogens is 374 g/mol. The number of piperazine rings is 1. The summed E-state index contributed by atoms with van der Waals surface area (Å²) < 4.78 is 0. The topological polar surface area (TPSA) is 52.7 Å². The Morgan fingerprint density at radius 2 is 1.60 bits per heavy atom. The van der Waals surface area contributed by atoms with Gasteiger partial charge >= 0.3 is 0 Å². The standard InChI is InChI=1S/C25H41N3O2/c1-19(2)23(26-22(29)16-20(3)17-25(4,5)6)24(30)28-14-12-27(13-15-28)18-21-10-8-7-9-11-21/h7-11,19-20,23H,12-18H2,1-6H3,(H,26,29). The Balaban J connectivity index is 1.86. The molecule has 0 spiro atoms.